The van der Waals surface area contributed by atoms with Crippen LogP contribution in [0.1, 0.15) is 6.42 Å². The summed E-state index contributed by atoms with van der Waals surface area (Å²) in [7, 11) is 3.17. The molecule has 0 heterocycles. The molecule has 0 fully saturated rings. The van der Waals surface area contributed by atoms with Gasteiger partial charge in [0, 0.05) is 24.7 Å². The van der Waals surface area contributed by atoms with Crippen molar-refractivity contribution in [1.82, 2.24) is 0 Å². The molecular weight excluding hydrogens is 351 g/mol. The summed E-state index contributed by atoms with van der Waals surface area (Å²) < 4.78 is 10.4. The van der Waals surface area contributed by atoms with E-state index < -0.39 is 0 Å². The van der Waals surface area contributed by atoms with Gasteiger partial charge >= 0.3 is 0 Å². The Bertz CT molecular complexity index is 723. The third kappa shape index (κ3) is 4.94. The number of carbonyl (C=O) groups is 1. The van der Waals surface area contributed by atoms with Crippen LogP contribution < -0.4 is 20.1 Å². The molecule has 0 bridgehead atoms. The number of methoxy groups -OCH3 is 2. The van der Waals surface area contributed by atoms with Crippen molar-refractivity contribution in [1.29, 1.82) is 0 Å². The fourth-order valence-electron chi connectivity index (χ4n) is 2.05. The first-order valence-corrected chi connectivity index (χ1v) is 8.00. The van der Waals surface area contributed by atoms with Crippen LogP contribution in [0.15, 0.2) is 36.4 Å². The molecule has 128 valence electrons. The smallest absolute Gasteiger partial charge is 0.226 e. The molecular formula is C17H18Cl2N2O3. The number of hydrogen-bond acceptors (Lipinski definition) is 4. The molecule has 0 atom stereocenters. The van der Waals surface area contributed by atoms with Crippen LogP contribution in [0, 0.1) is 0 Å². The van der Waals surface area contributed by atoms with Gasteiger partial charge in [-0.15, -0.1) is 0 Å². The molecule has 0 saturated carbocycles. The maximum Gasteiger partial charge on any atom is 0.226 e. The van der Waals surface area contributed by atoms with E-state index in [0.717, 1.165) is 5.69 Å². The number of carbonyl (C=O) groups excluding carboxylic acids is 1. The molecule has 2 aromatic carbocycles. The summed E-state index contributed by atoms with van der Waals surface area (Å²) in [5.74, 6) is 1.22. The Labute approximate surface area is 150 Å². The van der Waals surface area contributed by atoms with Crippen LogP contribution in [0.25, 0.3) is 0 Å². The molecule has 5 nitrogen and oxygen atoms in total. The first-order valence-electron chi connectivity index (χ1n) is 7.24. The van der Waals surface area contributed by atoms with Gasteiger partial charge in [0.2, 0.25) is 5.91 Å². The summed E-state index contributed by atoms with van der Waals surface area (Å²) in [4.78, 5) is 12.0. The lowest BCUT2D eigenvalue weighted by molar-refractivity contribution is -0.115. The van der Waals surface area contributed by atoms with Crippen molar-refractivity contribution in [2.24, 2.45) is 0 Å². The molecule has 2 aromatic rings. The maximum absolute atomic E-state index is 12.0. The number of ether oxygens (including phenoxy) is 2. The van der Waals surface area contributed by atoms with Crippen LogP contribution in [-0.4, -0.2) is 26.7 Å². The van der Waals surface area contributed by atoms with Gasteiger partial charge in [-0.25, -0.2) is 0 Å². The van der Waals surface area contributed by atoms with E-state index in [2.05, 4.69) is 10.6 Å². The lowest BCUT2D eigenvalue weighted by Crippen LogP contribution is -2.16. The quantitative estimate of drug-likeness (QED) is 0.757. The number of benzene rings is 2. The topological polar surface area (TPSA) is 59.6 Å². The molecule has 7 heteroatoms. The van der Waals surface area contributed by atoms with Gasteiger partial charge in [-0.05, 0) is 30.3 Å². The molecule has 0 saturated heterocycles. The second-order valence-corrected chi connectivity index (χ2v) is 5.73. The predicted octanol–water partition coefficient (Wildman–Crippen LogP) is 4.45. The Balaban J connectivity index is 1.87. The fraction of sp³-hybridized carbons (Fsp3) is 0.235. The fourth-order valence-corrected chi connectivity index (χ4v) is 2.35. The summed E-state index contributed by atoms with van der Waals surface area (Å²) in [6.45, 7) is 0.454. The van der Waals surface area contributed by atoms with Crippen molar-refractivity contribution in [3.05, 3.63) is 46.4 Å². The zero-order chi connectivity index (χ0) is 17.5. The van der Waals surface area contributed by atoms with Crippen LogP contribution in [0.3, 0.4) is 0 Å². The number of hydrogen-bond donors (Lipinski definition) is 2. The van der Waals surface area contributed by atoms with Crippen LogP contribution in [-0.2, 0) is 4.79 Å². The summed E-state index contributed by atoms with van der Waals surface area (Å²) in [6.07, 6.45) is 0.287. The Morgan fingerprint density at radius 3 is 2.50 bits per heavy atom. The van der Waals surface area contributed by atoms with E-state index in [1.165, 1.54) is 0 Å². The van der Waals surface area contributed by atoms with Gasteiger partial charge < -0.3 is 20.1 Å². The highest BCUT2D eigenvalue weighted by atomic mass is 35.5. The molecule has 1 amide bonds. The monoisotopic (exact) mass is 368 g/mol. The van der Waals surface area contributed by atoms with Gasteiger partial charge in [-0.2, -0.15) is 0 Å². The standard InChI is InChI=1S/C17H18Cl2N2O3/c1-23-12-4-6-15(16(10-12)24-2)20-8-7-17(22)21-11-3-5-13(18)14(19)9-11/h3-6,9-10,20H,7-8H2,1-2H3,(H,21,22). The lowest BCUT2D eigenvalue weighted by atomic mass is 10.2. The van der Waals surface area contributed by atoms with Gasteiger partial charge in [-0.3, -0.25) is 4.79 Å². The van der Waals surface area contributed by atoms with E-state index in [-0.39, 0.29) is 12.3 Å². The molecule has 0 spiro atoms. The van der Waals surface area contributed by atoms with E-state index >= 15 is 0 Å². The molecule has 0 aliphatic heterocycles. The molecule has 2 N–H and O–H groups in total. The van der Waals surface area contributed by atoms with Crippen molar-refractivity contribution < 1.29 is 14.3 Å². The minimum absolute atomic E-state index is 0.131. The Morgan fingerprint density at radius 2 is 1.83 bits per heavy atom. The SMILES string of the molecule is COc1ccc(NCCC(=O)Nc2ccc(Cl)c(Cl)c2)c(OC)c1. The predicted molar refractivity (Wildman–Crippen MR) is 97.7 cm³/mol. The van der Waals surface area contributed by atoms with Crippen molar-refractivity contribution in [3.63, 3.8) is 0 Å². The van der Waals surface area contributed by atoms with E-state index in [1.54, 1.807) is 38.5 Å². The Morgan fingerprint density at radius 1 is 1.04 bits per heavy atom. The van der Waals surface area contributed by atoms with Gasteiger partial charge in [0.1, 0.15) is 11.5 Å². The zero-order valence-electron chi connectivity index (χ0n) is 13.4. The molecule has 2 rings (SSSR count). The highest BCUT2D eigenvalue weighted by Gasteiger charge is 2.07. The average Bonchev–Trinajstić information content (AvgIpc) is 2.58. The molecule has 0 aliphatic rings. The lowest BCUT2D eigenvalue weighted by Gasteiger charge is -2.12. The van der Waals surface area contributed by atoms with Crippen molar-refractivity contribution >= 4 is 40.5 Å². The molecule has 0 radical (unpaired) electrons. The van der Waals surface area contributed by atoms with E-state index in [0.29, 0.717) is 33.8 Å². The zero-order valence-corrected chi connectivity index (χ0v) is 14.9. The second-order valence-electron chi connectivity index (χ2n) is 4.92. The average molecular weight is 369 g/mol. The molecule has 0 aromatic heterocycles. The van der Waals surface area contributed by atoms with Crippen molar-refractivity contribution in [3.8, 4) is 11.5 Å². The second kappa shape index (κ2) is 8.66. The number of nitrogens with one attached hydrogen (secondary N) is 2. The Hall–Kier alpha value is -2.11. The van der Waals surface area contributed by atoms with Gasteiger partial charge in [0.05, 0.1) is 30.0 Å². The number of halogens is 2. The van der Waals surface area contributed by atoms with E-state index in [9.17, 15) is 4.79 Å². The highest BCUT2D eigenvalue weighted by molar-refractivity contribution is 6.42. The summed E-state index contributed by atoms with van der Waals surface area (Å²) in [5, 5.41) is 6.78. The first-order chi connectivity index (χ1) is 11.5. The number of rotatable bonds is 7. The van der Waals surface area contributed by atoms with Gasteiger partial charge in [-0.1, -0.05) is 23.2 Å². The summed E-state index contributed by atoms with van der Waals surface area (Å²) in [6, 6.07) is 10.4. The van der Waals surface area contributed by atoms with Crippen LogP contribution in [0.4, 0.5) is 11.4 Å². The van der Waals surface area contributed by atoms with Crippen LogP contribution >= 0.6 is 23.2 Å². The van der Waals surface area contributed by atoms with E-state index in [4.69, 9.17) is 32.7 Å². The summed E-state index contributed by atoms with van der Waals surface area (Å²) >= 11 is 11.8. The highest BCUT2D eigenvalue weighted by Crippen LogP contribution is 2.29. The minimum atomic E-state index is -0.131. The molecule has 0 aliphatic carbocycles. The van der Waals surface area contributed by atoms with Crippen LogP contribution in [0.5, 0.6) is 11.5 Å². The third-order valence-electron chi connectivity index (χ3n) is 3.28. The number of anilines is 2. The molecule has 24 heavy (non-hydrogen) atoms. The molecule has 0 unspecified atom stereocenters. The van der Waals surface area contributed by atoms with Crippen molar-refractivity contribution in [2.45, 2.75) is 6.42 Å². The van der Waals surface area contributed by atoms with E-state index in [1.807, 2.05) is 12.1 Å². The minimum Gasteiger partial charge on any atom is -0.497 e. The summed E-state index contributed by atoms with van der Waals surface area (Å²) in [5.41, 5.74) is 1.40. The van der Waals surface area contributed by atoms with Gasteiger partial charge in [0.25, 0.3) is 0 Å². The normalized spacial score (nSPS) is 10.2. The maximum atomic E-state index is 12.0. The number of amides is 1. The van der Waals surface area contributed by atoms with Crippen molar-refractivity contribution in [2.75, 3.05) is 31.4 Å². The first kappa shape index (κ1) is 18.2. The Kier molecular flexibility index (Phi) is 6.58. The van der Waals surface area contributed by atoms with Gasteiger partial charge in [0.15, 0.2) is 0 Å². The third-order valence-corrected chi connectivity index (χ3v) is 4.02. The van der Waals surface area contributed by atoms with Crippen LogP contribution in [0.2, 0.25) is 10.0 Å². The largest absolute Gasteiger partial charge is 0.497 e.